The smallest absolute Gasteiger partial charge is 0.324 e. The van der Waals surface area contributed by atoms with Gasteiger partial charge < -0.3 is 4.74 Å². The van der Waals surface area contributed by atoms with Gasteiger partial charge in [0.1, 0.15) is 5.38 Å². The van der Waals surface area contributed by atoms with Gasteiger partial charge in [0.25, 0.3) is 0 Å². The first-order chi connectivity index (χ1) is 8.30. The number of halogens is 4. The second-order valence-electron chi connectivity index (χ2n) is 4.33. The summed E-state index contributed by atoms with van der Waals surface area (Å²) in [6, 6.07) is 0. The van der Waals surface area contributed by atoms with Gasteiger partial charge in [-0.1, -0.05) is 67.9 Å². The molecule has 0 fully saturated rings. The zero-order chi connectivity index (χ0) is 14.2. The van der Waals surface area contributed by atoms with Crippen LogP contribution in [-0.2, 0) is 9.53 Å². The standard InChI is InChI=1S/C12H20Cl4O2/c1-3-5-6-9(4-2)8-18-11(17)10(13)7-12(14,15)16/h9-10H,3-8H2,1-2H3. The Morgan fingerprint density at radius 3 is 2.33 bits per heavy atom. The van der Waals surface area contributed by atoms with Crippen LogP contribution in [0.15, 0.2) is 0 Å². The minimum atomic E-state index is -1.53. The summed E-state index contributed by atoms with van der Waals surface area (Å²) in [5.74, 6) is -0.136. The first-order valence-corrected chi connectivity index (χ1v) is 7.74. The molecule has 108 valence electrons. The zero-order valence-electron chi connectivity index (χ0n) is 10.7. The van der Waals surface area contributed by atoms with Crippen molar-refractivity contribution in [3.05, 3.63) is 0 Å². The van der Waals surface area contributed by atoms with E-state index in [2.05, 4.69) is 13.8 Å². The van der Waals surface area contributed by atoms with Gasteiger partial charge in [-0.25, -0.2) is 0 Å². The van der Waals surface area contributed by atoms with Crippen molar-refractivity contribution >= 4 is 52.4 Å². The number of carbonyl (C=O) groups excluding carboxylic acids is 1. The van der Waals surface area contributed by atoms with E-state index in [4.69, 9.17) is 51.1 Å². The summed E-state index contributed by atoms with van der Waals surface area (Å²) in [6.07, 6.45) is 4.25. The van der Waals surface area contributed by atoms with E-state index in [1.54, 1.807) is 0 Å². The van der Waals surface area contributed by atoms with Crippen LogP contribution in [0.4, 0.5) is 0 Å². The normalized spacial score (nSPS) is 15.2. The van der Waals surface area contributed by atoms with Gasteiger partial charge in [-0.3, -0.25) is 4.79 Å². The summed E-state index contributed by atoms with van der Waals surface area (Å²) in [6.45, 7) is 4.60. The highest BCUT2D eigenvalue weighted by Gasteiger charge is 2.29. The number of hydrogen-bond acceptors (Lipinski definition) is 2. The molecule has 2 nitrogen and oxygen atoms in total. The van der Waals surface area contributed by atoms with E-state index < -0.39 is 15.1 Å². The fraction of sp³-hybridized carbons (Fsp3) is 0.917. The van der Waals surface area contributed by atoms with E-state index in [0.717, 1.165) is 25.7 Å². The minimum Gasteiger partial charge on any atom is -0.464 e. The van der Waals surface area contributed by atoms with Crippen molar-refractivity contribution in [2.75, 3.05) is 6.61 Å². The van der Waals surface area contributed by atoms with Crippen molar-refractivity contribution in [2.45, 2.75) is 55.1 Å². The van der Waals surface area contributed by atoms with Crippen LogP contribution in [-0.4, -0.2) is 21.7 Å². The maximum Gasteiger partial charge on any atom is 0.324 e. The quantitative estimate of drug-likeness (QED) is 0.454. The van der Waals surface area contributed by atoms with Gasteiger partial charge in [0, 0.05) is 6.42 Å². The number of esters is 1. The molecule has 0 N–H and O–H groups in total. The highest BCUT2D eigenvalue weighted by atomic mass is 35.6. The molecule has 0 saturated heterocycles. The van der Waals surface area contributed by atoms with Crippen molar-refractivity contribution in [1.29, 1.82) is 0 Å². The molecule has 6 heteroatoms. The first-order valence-electron chi connectivity index (χ1n) is 6.17. The second kappa shape index (κ2) is 9.52. The van der Waals surface area contributed by atoms with Crippen molar-refractivity contribution in [2.24, 2.45) is 5.92 Å². The summed E-state index contributed by atoms with van der Waals surface area (Å²) in [5.41, 5.74) is 0. The predicted octanol–water partition coefficient (Wildman–Crippen LogP) is 5.11. The molecule has 0 amide bonds. The molecule has 18 heavy (non-hydrogen) atoms. The van der Waals surface area contributed by atoms with Crippen LogP contribution < -0.4 is 0 Å². The van der Waals surface area contributed by atoms with E-state index >= 15 is 0 Å². The van der Waals surface area contributed by atoms with E-state index in [0.29, 0.717) is 12.5 Å². The maximum atomic E-state index is 11.6. The third-order valence-corrected chi connectivity index (χ3v) is 3.47. The fourth-order valence-corrected chi connectivity index (χ4v) is 2.47. The highest BCUT2D eigenvalue weighted by molar-refractivity contribution is 6.67. The van der Waals surface area contributed by atoms with Crippen molar-refractivity contribution < 1.29 is 9.53 Å². The molecular weight excluding hydrogens is 318 g/mol. The molecule has 0 radical (unpaired) electrons. The molecule has 0 heterocycles. The van der Waals surface area contributed by atoms with Crippen molar-refractivity contribution in [3.63, 3.8) is 0 Å². The molecule has 2 atom stereocenters. The number of ether oxygens (including phenoxy) is 1. The van der Waals surface area contributed by atoms with Crippen LogP contribution in [0.25, 0.3) is 0 Å². The zero-order valence-corrected chi connectivity index (χ0v) is 13.7. The fourth-order valence-electron chi connectivity index (χ4n) is 1.48. The minimum absolute atomic E-state index is 0.0518. The third-order valence-electron chi connectivity index (χ3n) is 2.67. The van der Waals surface area contributed by atoms with Crippen LogP contribution in [0.3, 0.4) is 0 Å². The summed E-state index contributed by atoms with van der Waals surface area (Å²) in [5, 5.41) is -0.916. The van der Waals surface area contributed by atoms with Gasteiger partial charge in [-0.2, -0.15) is 0 Å². The Morgan fingerprint density at radius 1 is 1.28 bits per heavy atom. The molecule has 2 unspecified atom stereocenters. The van der Waals surface area contributed by atoms with Gasteiger partial charge in [-0.15, -0.1) is 11.6 Å². The second-order valence-corrected chi connectivity index (χ2v) is 7.38. The highest BCUT2D eigenvalue weighted by Crippen LogP contribution is 2.33. The Morgan fingerprint density at radius 2 is 1.89 bits per heavy atom. The summed E-state index contributed by atoms with van der Waals surface area (Å²) in [7, 11) is 0. The number of alkyl halides is 4. The summed E-state index contributed by atoms with van der Waals surface area (Å²) < 4.78 is 3.62. The van der Waals surface area contributed by atoms with E-state index in [-0.39, 0.29) is 6.42 Å². The molecule has 0 aliphatic heterocycles. The van der Waals surface area contributed by atoms with E-state index in [1.807, 2.05) is 0 Å². The average Bonchev–Trinajstić information content (AvgIpc) is 2.26. The molecule has 0 bridgehead atoms. The largest absolute Gasteiger partial charge is 0.464 e. The van der Waals surface area contributed by atoms with E-state index in [1.165, 1.54) is 0 Å². The van der Waals surface area contributed by atoms with Crippen molar-refractivity contribution in [1.82, 2.24) is 0 Å². The van der Waals surface area contributed by atoms with Crippen LogP contribution in [0.2, 0.25) is 0 Å². The average molecular weight is 338 g/mol. The molecule has 0 aromatic carbocycles. The van der Waals surface area contributed by atoms with Gasteiger partial charge in [0.15, 0.2) is 3.79 Å². The van der Waals surface area contributed by atoms with Crippen LogP contribution in [0.5, 0.6) is 0 Å². The number of rotatable bonds is 8. The van der Waals surface area contributed by atoms with E-state index in [9.17, 15) is 4.79 Å². The third kappa shape index (κ3) is 9.55. The predicted molar refractivity (Wildman–Crippen MR) is 78.8 cm³/mol. The summed E-state index contributed by atoms with van der Waals surface area (Å²) in [4.78, 5) is 11.6. The molecule has 0 aromatic heterocycles. The molecule has 0 aromatic rings. The maximum absolute atomic E-state index is 11.6. The SMILES string of the molecule is CCCCC(CC)COC(=O)C(Cl)CC(Cl)(Cl)Cl. The summed E-state index contributed by atoms with van der Waals surface area (Å²) >= 11 is 22.5. The van der Waals surface area contributed by atoms with Gasteiger partial charge in [0.05, 0.1) is 6.61 Å². The van der Waals surface area contributed by atoms with Crippen LogP contribution >= 0.6 is 46.4 Å². The topological polar surface area (TPSA) is 26.3 Å². The van der Waals surface area contributed by atoms with Crippen molar-refractivity contribution in [3.8, 4) is 0 Å². The first kappa shape index (κ1) is 18.6. The Hall–Kier alpha value is 0.630. The van der Waals surface area contributed by atoms with Crippen LogP contribution in [0.1, 0.15) is 46.0 Å². The molecule has 0 aliphatic carbocycles. The lowest BCUT2D eigenvalue weighted by molar-refractivity contribution is -0.144. The molecule has 0 rings (SSSR count). The molecule has 0 saturated carbocycles. The monoisotopic (exact) mass is 336 g/mol. The van der Waals surface area contributed by atoms with Gasteiger partial charge in [-0.05, 0) is 12.3 Å². The lowest BCUT2D eigenvalue weighted by Gasteiger charge is -2.18. The Labute approximate surface area is 129 Å². The van der Waals surface area contributed by atoms with Crippen LogP contribution in [0, 0.1) is 5.92 Å². The molecule has 0 spiro atoms. The lowest BCUT2D eigenvalue weighted by Crippen LogP contribution is -2.25. The molecular formula is C12H20Cl4O2. The van der Waals surface area contributed by atoms with Gasteiger partial charge >= 0.3 is 5.97 Å². The Kier molecular flexibility index (Phi) is 9.85. The van der Waals surface area contributed by atoms with Gasteiger partial charge in [0.2, 0.25) is 0 Å². The number of unbranched alkanes of at least 4 members (excludes halogenated alkanes) is 1. The Balaban J connectivity index is 3.99. The number of carbonyl (C=O) groups is 1. The molecule has 0 aliphatic rings. The lowest BCUT2D eigenvalue weighted by atomic mass is 10.0. The number of hydrogen-bond donors (Lipinski definition) is 0. The Bertz CT molecular complexity index is 241.